The minimum absolute atomic E-state index is 0.290. The molecular weight excluding hydrogens is 245 g/mol. The summed E-state index contributed by atoms with van der Waals surface area (Å²) in [5.41, 5.74) is 2.49. The maximum absolute atomic E-state index is 13.0. The van der Waals surface area contributed by atoms with Crippen LogP contribution in [0.25, 0.3) is 11.0 Å². The van der Waals surface area contributed by atoms with Crippen molar-refractivity contribution in [2.75, 3.05) is 5.32 Å². The standard InChI is InChI=1S/C14H10FN3O/c15-10-2-1-3-11(7-10)18-14(19)9-4-5-12-13(6-9)17-8-16-12/h1-8H,(H,16,17)(H,18,19). The van der Waals surface area contributed by atoms with Gasteiger partial charge in [-0.05, 0) is 36.4 Å². The number of halogens is 1. The minimum Gasteiger partial charge on any atom is -0.345 e. The van der Waals surface area contributed by atoms with Crippen molar-refractivity contribution in [3.05, 3.63) is 60.2 Å². The average molecular weight is 255 g/mol. The summed E-state index contributed by atoms with van der Waals surface area (Å²) < 4.78 is 13.0. The molecule has 0 spiro atoms. The van der Waals surface area contributed by atoms with Crippen LogP contribution in [-0.2, 0) is 0 Å². The predicted octanol–water partition coefficient (Wildman–Crippen LogP) is 2.95. The Bertz CT molecular complexity index is 751. The van der Waals surface area contributed by atoms with E-state index >= 15 is 0 Å². The number of rotatable bonds is 2. The summed E-state index contributed by atoms with van der Waals surface area (Å²) in [6.07, 6.45) is 1.57. The molecule has 94 valence electrons. The Morgan fingerprint density at radius 2 is 2.11 bits per heavy atom. The summed E-state index contributed by atoms with van der Waals surface area (Å²) in [5, 5.41) is 2.64. The number of hydrogen-bond acceptors (Lipinski definition) is 2. The van der Waals surface area contributed by atoms with Gasteiger partial charge in [-0.15, -0.1) is 0 Å². The molecule has 3 aromatic rings. The van der Waals surface area contributed by atoms with Crippen LogP contribution in [0.5, 0.6) is 0 Å². The zero-order chi connectivity index (χ0) is 13.2. The van der Waals surface area contributed by atoms with Gasteiger partial charge in [-0.1, -0.05) is 6.07 Å². The van der Waals surface area contributed by atoms with E-state index in [2.05, 4.69) is 15.3 Å². The molecule has 1 heterocycles. The van der Waals surface area contributed by atoms with Gasteiger partial charge in [0.05, 0.1) is 17.4 Å². The lowest BCUT2D eigenvalue weighted by Crippen LogP contribution is -2.11. The molecule has 3 rings (SSSR count). The molecule has 1 aromatic heterocycles. The van der Waals surface area contributed by atoms with Crippen molar-refractivity contribution in [3.8, 4) is 0 Å². The van der Waals surface area contributed by atoms with E-state index in [1.54, 1.807) is 36.7 Å². The van der Waals surface area contributed by atoms with E-state index in [9.17, 15) is 9.18 Å². The Morgan fingerprint density at radius 1 is 1.21 bits per heavy atom. The Balaban J connectivity index is 1.87. The van der Waals surface area contributed by atoms with Crippen LogP contribution < -0.4 is 5.32 Å². The molecule has 4 nitrogen and oxygen atoms in total. The molecule has 0 saturated carbocycles. The van der Waals surface area contributed by atoms with Gasteiger partial charge in [0, 0.05) is 11.3 Å². The van der Waals surface area contributed by atoms with Crippen molar-refractivity contribution in [1.29, 1.82) is 0 Å². The number of aromatic nitrogens is 2. The Labute approximate surface area is 108 Å². The second-order valence-corrected chi connectivity index (χ2v) is 4.10. The molecule has 0 unspecified atom stereocenters. The first kappa shape index (κ1) is 11.4. The van der Waals surface area contributed by atoms with Crippen molar-refractivity contribution in [3.63, 3.8) is 0 Å². The molecule has 2 aromatic carbocycles. The first-order valence-corrected chi connectivity index (χ1v) is 5.72. The van der Waals surface area contributed by atoms with Gasteiger partial charge >= 0.3 is 0 Å². The van der Waals surface area contributed by atoms with Crippen LogP contribution >= 0.6 is 0 Å². The van der Waals surface area contributed by atoms with Gasteiger partial charge in [0.1, 0.15) is 5.82 Å². The van der Waals surface area contributed by atoms with Crippen molar-refractivity contribution < 1.29 is 9.18 Å². The van der Waals surface area contributed by atoms with Crippen molar-refractivity contribution in [2.24, 2.45) is 0 Å². The highest BCUT2D eigenvalue weighted by atomic mass is 19.1. The summed E-state index contributed by atoms with van der Waals surface area (Å²) >= 11 is 0. The third-order valence-corrected chi connectivity index (χ3v) is 2.76. The molecule has 19 heavy (non-hydrogen) atoms. The lowest BCUT2D eigenvalue weighted by molar-refractivity contribution is 0.102. The van der Waals surface area contributed by atoms with E-state index in [0.29, 0.717) is 11.3 Å². The highest BCUT2D eigenvalue weighted by Gasteiger charge is 2.08. The Hall–Kier alpha value is -2.69. The van der Waals surface area contributed by atoms with E-state index in [1.807, 2.05) is 0 Å². The Kier molecular flexibility index (Phi) is 2.72. The Morgan fingerprint density at radius 3 is 2.95 bits per heavy atom. The molecule has 0 saturated heterocycles. The third kappa shape index (κ3) is 2.30. The summed E-state index contributed by atoms with van der Waals surface area (Å²) in [7, 11) is 0. The van der Waals surface area contributed by atoms with Gasteiger partial charge in [0.25, 0.3) is 5.91 Å². The smallest absolute Gasteiger partial charge is 0.255 e. The average Bonchev–Trinajstić information content (AvgIpc) is 2.85. The van der Waals surface area contributed by atoms with Crippen LogP contribution in [0.15, 0.2) is 48.8 Å². The van der Waals surface area contributed by atoms with Crippen LogP contribution in [0.3, 0.4) is 0 Å². The van der Waals surface area contributed by atoms with Crippen molar-refractivity contribution in [2.45, 2.75) is 0 Å². The molecule has 0 aliphatic carbocycles. The molecular formula is C14H10FN3O. The fourth-order valence-corrected chi connectivity index (χ4v) is 1.85. The first-order chi connectivity index (χ1) is 9.22. The first-order valence-electron chi connectivity index (χ1n) is 5.72. The molecule has 2 N–H and O–H groups in total. The van der Waals surface area contributed by atoms with E-state index in [0.717, 1.165) is 11.0 Å². The van der Waals surface area contributed by atoms with E-state index in [-0.39, 0.29) is 11.7 Å². The van der Waals surface area contributed by atoms with Crippen LogP contribution in [-0.4, -0.2) is 15.9 Å². The highest BCUT2D eigenvalue weighted by Crippen LogP contribution is 2.14. The number of carbonyl (C=O) groups excluding carboxylic acids is 1. The maximum Gasteiger partial charge on any atom is 0.255 e. The normalized spacial score (nSPS) is 10.6. The molecule has 0 atom stereocenters. The summed E-state index contributed by atoms with van der Waals surface area (Å²) in [6.45, 7) is 0. The van der Waals surface area contributed by atoms with E-state index < -0.39 is 0 Å². The van der Waals surface area contributed by atoms with Gasteiger partial charge in [-0.2, -0.15) is 0 Å². The summed E-state index contributed by atoms with van der Waals surface area (Å²) in [4.78, 5) is 19.0. The topological polar surface area (TPSA) is 57.8 Å². The van der Waals surface area contributed by atoms with Crippen molar-refractivity contribution >= 4 is 22.6 Å². The monoisotopic (exact) mass is 255 g/mol. The molecule has 0 bridgehead atoms. The molecule has 1 amide bonds. The number of carbonyl (C=O) groups is 1. The molecule has 0 aliphatic rings. The summed E-state index contributed by atoms with van der Waals surface area (Å²) in [5.74, 6) is -0.677. The molecule has 0 aliphatic heterocycles. The lowest BCUT2D eigenvalue weighted by atomic mass is 10.2. The lowest BCUT2D eigenvalue weighted by Gasteiger charge is -2.05. The maximum atomic E-state index is 13.0. The predicted molar refractivity (Wildman–Crippen MR) is 70.4 cm³/mol. The van der Waals surface area contributed by atoms with Gasteiger partial charge in [-0.3, -0.25) is 4.79 Å². The van der Waals surface area contributed by atoms with E-state index in [1.165, 1.54) is 12.1 Å². The van der Waals surface area contributed by atoms with Crippen LogP contribution in [0.1, 0.15) is 10.4 Å². The fourth-order valence-electron chi connectivity index (χ4n) is 1.85. The minimum atomic E-state index is -0.387. The zero-order valence-corrected chi connectivity index (χ0v) is 9.85. The second-order valence-electron chi connectivity index (χ2n) is 4.10. The number of nitrogens with one attached hydrogen (secondary N) is 2. The van der Waals surface area contributed by atoms with Crippen LogP contribution in [0.2, 0.25) is 0 Å². The molecule has 0 fully saturated rings. The van der Waals surface area contributed by atoms with Gasteiger partial charge < -0.3 is 10.3 Å². The highest BCUT2D eigenvalue weighted by molar-refractivity contribution is 6.05. The number of fused-ring (bicyclic) bond motifs is 1. The second kappa shape index (κ2) is 4.53. The van der Waals surface area contributed by atoms with Gasteiger partial charge in [0.15, 0.2) is 0 Å². The number of benzene rings is 2. The number of aromatic amines is 1. The summed E-state index contributed by atoms with van der Waals surface area (Å²) in [6, 6.07) is 10.9. The third-order valence-electron chi connectivity index (χ3n) is 2.76. The quantitative estimate of drug-likeness (QED) is 0.739. The number of amides is 1. The fraction of sp³-hybridized carbons (Fsp3) is 0. The molecule has 0 radical (unpaired) electrons. The zero-order valence-electron chi connectivity index (χ0n) is 9.85. The van der Waals surface area contributed by atoms with Crippen molar-refractivity contribution in [1.82, 2.24) is 9.97 Å². The largest absolute Gasteiger partial charge is 0.345 e. The van der Waals surface area contributed by atoms with Crippen LogP contribution in [0.4, 0.5) is 10.1 Å². The number of hydrogen-bond donors (Lipinski definition) is 2. The number of H-pyrrole nitrogens is 1. The molecule has 5 heteroatoms. The van der Waals surface area contributed by atoms with Gasteiger partial charge in [-0.25, -0.2) is 9.37 Å². The number of anilines is 1. The van der Waals surface area contributed by atoms with E-state index in [4.69, 9.17) is 0 Å². The van der Waals surface area contributed by atoms with Gasteiger partial charge in [0.2, 0.25) is 0 Å². The van der Waals surface area contributed by atoms with Crippen LogP contribution in [0, 0.1) is 5.82 Å². The SMILES string of the molecule is O=C(Nc1cccc(F)c1)c1ccc2nc[nH]c2c1. The number of imidazole rings is 1. The number of nitrogens with zero attached hydrogens (tertiary/aromatic N) is 1.